The molecule has 1 saturated heterocycles. The van der Waals surface area contributed by atoms with E-state index in [1.165, 1.54) is 18.0 Å². The van der Waals surface area contributed by atoms with Gasteiger partial charge in [-0.3, -0.25) is 0 Å². The second kappa shape index (κ2) is 4.49. The van der Waals surface area contributed by atoms with E-state index in [2.05, 4.69) is 29.1 Å². The van der Waals surface area contributed by atoms with Gasteiger partial charge in [-0.05, 0) is 32.6 Å². The first kappa shape index (κ1) is 10.9. The Bertz CT molecular complexity index is 313. The summed E-state index contributed by atoms with van der Waals surface area (Å²) in [6.07, 6.45) is 2.41. The zero-order valence-electron chi connectivity index (χ0n) is 9.44. The molecule has 3 nitrogen and oxygen atoms in total. The average Bonchev–Trinajstić information content (AvgIpc) is 2.65. The number of aryl methyl sites for hydroxylation is 1. The quantitative estimate of drug-likeness (QED) is 0.837. The van der Waals surface area contributed by atoms with Crippen molar-refractivity contribution in [2.75, 3.05) is 18.0 Å². The Morgan fingerprint density at radius 2 is 2.20 bits per heavy atom. The van der Waals surface area contributed by atoms with Gasteiger partial charge in [-0.25, -0.2) is 4.98 Å². The Morgan fingerprint density at radius 1 is 1.53 bits per heavy atom. The number of nitrogens with two attached hydrogens (primary N) is 1. The molecule has 0 bridgehead atoms. The molecule has 1 aromatic rings. The van der Waals surface area contributed by atoms with Crippen LogP contribution in [-0.2, 0) is 0 Å². The molecule has 0 aromatic carbocycles. The first-order chi connectivity index (χ1) is 7.16. The van der Waals surface area contributed by atoms with Crippen LogP contribution in [-0.4, -0.2) is 24.1 Å². The molecule has 0 saturated carbocycles. The zero-order chi connectivity index (χ0) is 10.8. The highest BCUT2D eigenvalue weighted by atomic mass is 32.1. The Hall–Kier alpha value is -0.610. The number of rotatable bonds is 2. The molecule has 1 unspecified atom stereocenters. The molecule has 2 heterocycles. The fourth-order valence-corrected chi connectivity index (χ4v) is 2.96. The van der Waals surface area contributed by atoms with Gasteiger partial charge in [-0.15, -0.1) is 11.3 Å². The van der Waals surface area contributed by atoms with E-state index >= 15 is 0 Å². The highest BCUT2D eigenvalue weighted by molar-refractivity contribution is 7.13. The summed E-state index contributed by atoms with van der Waals surface area (Å²) in [6, 6.07) is 0.338. The van der Waals surface area contributed by atoms with Gasteiger partial charge in [0.25, 0.3) is 0 Å². The van der Waals surface area contributed by atoms with Gasteiger partial charge < -0.3 is 10.6 Å². The van der Waals surface area contributed by atoms with Crippen LogP contribution in [0.5, 0.6) is 0 Å². The van der Waals surface area contributed by atoms with Crippen molar-refractivity contribution in [3.05, 3.63) is 11.1 Å². The zero-order valence-corrected chi connectivity index (χ0v) is 10.3. The average molecular weight is 225 g/mol. The first-order valence-corrected chi connectivity index (χ1v) is 6.47. The molecule has 0 spiro atoms. The summed E-state index contributed by atoms with van der Waals surface area (Å²) in [7, 11) is 0. The normalized spacial score (nSPS) is 20.6. The van der Waals surface area contributed by atoms with E-state index in [4.69, 9.17) is 5.73 Å². The van der Waals surface area contributed by atoms with Crippen LogP contribution >= 0.6 is 11.3 Å². The van der Waals surface area contributed by atoms with E-state index in [0.29, 0.717) is 12.0 Å². The molecule has 0 radical (unpaired) electrons. The van der Waals surface area contributed by atoms with Gasteiger partial charge in [0, 0.05) is 24.5 Å². The van der Waals surface area contributed by atoms with Crippen molar-refractivity contribution in [2.45, 2.75) is 32.7 Å². The number of piperidine rings is 1. The molecule has 1 fully saturated rings. The minimum absolute atomic E-state index is 0.338. The van der Waals surface area contributed by atoms with E-state index in [0.717, 1.165) is 18.8 Å². The molecular formula is C11H19N3S. The second-order valence-electron chi connectivity index (χ2n) is 4.46. The van der Waals surface area contributed by atoms with Gasteiger partial charge in [0.05, 0.1) is 5.69 Å². The molecule has 84 valence electrons. The van der Waals surface area contributed by atoms with Crippen LogP contribution in [0.1, 0.15) is 25.5 Å². The van der Waals surface area contributed by atoms with Crippen LogP contribution in [0.25, 0.3) is 0 Å². The predicted octanol–water partition coefficient (Wildman–Crippen LogP) is 2.02. The van der Waals surface area contributed by atoms with Gasteiger partial charge in [-0.1, -0.05) is 0 Å². The smallest absolute Gasteiger partial charge is 0.185 e. The molecule has 2 rings (SSSR count). The van der Waals surface area contributed by atoms with Gasteiger partial charge in [0.15, 0.2) is 5.13 Å². The molecular weight excluding hydrogens is 206 g/mol. The molecule has 1 aromatic heterocycles. The largest absolute Gasteiger partial charge is 0.348 e. The summed E-state index contributed by atoms with van der Waals surface area (Å²) in [5.41, 5.74) is 7.05. The molecule has 1 aliphatic rings. The Morgan fingerprint density at radius 3 is 2.67 bits per heavy atom. The number of hydrogen-bond acceptors (Lipinski definition) is 4. The summed E-state index contributed by atoms with van der Waals surface area (Å²) in [5, 5.41) is 3.29. The third-order valence-corrected chi connectivity index (χ3v) is 4.18. The fraction of sp³-hybridized carbons (Fsp3) is 0.727. The number of thiazole rings is 1. The SMILES string of the molecule is Cc1csc(N2CCC(C(C)N)CC2)n1. The lowest BCUT2D eigenvalue weighted by Gasteiger charge is -2.33. The van der Waals surface area contributed by atoms with Gasteiger partial charge in [0.1, 0.15) is 0 Å². The lowest BCUT2D eigenvalue weighted by Crippen LogP contribution is -2.39. The van der Waals surface area contributed by atoms with Gasteiger partial charge in [0.2, 0.25) is 0 Å². The summed E-state index contributed by atoms with van der Waals surface area (Å²) in [5.74, 6) is 0.697. The van der Waals surface area contributed by atoms with Crippen molar-refractivity contribution in [2.24, 2.45) is 11.7 Å². The van der Waals surface area contributed by atoms with Crippen LogP contribution < -0.4 is 10.6 Å². The van der Waals surface area contributed by atoms with E-state index in [9.17, 15) is 0 Å². The maximum absolute atomic E-state index is 5.92. The van der Waals surface area contributed by atoms with Crippen LogP contribution in [0.2, 0.25) is 0 Å². The number of aromatic nitrogens is 1. The minimum Gasteiger partial charge on any atom is -0.348 e. The summed E-state index contributed by atoms with van der Waals surface area (Å²) < 4.78 is 0. The molecule has 0 amide bonds. The highest BCUT2D eigenvalue weighted by Gasteiger charge is 2.23. The highest BCUT2D eigenvalue weighted by Crippen LogP contribution is 2.26. The van der Waals surface area contributed by atoms with Crippen molar-refractivity contribution in [3.8, 4) is 0 Å². The predicted molar refractivity (Wildman–Crippen MR) is 65.4 cm³/mol. The van der Waals surface area contributed by atoms with Crippen molar-refractivity contribution in [1.29, 1.82) is 0 Å². The molecule has 1 aliphatic heterocycles. The number of hydrogen-bond donors (Lipinski definition) is 1. The second-order valence-corrected chi connectivity index (χ2v) is 5.29. The number of nitrogens with zero attached hydrogens (tertiary/aromatic N) is 2. The number of anilines is 1. The molecule has 2 N–H and O–H groups in total. The fourth-order valence-electron chi connectivity index (χ4n) is 2.10. The maximum Gasteiger partial charge on any atom is 0.185 e. The first-order valence-electron chi connectivity index (χ1n) is 5.59. The van der Waals surface area contributed by atoms with Crippen molar-refractivity contribution in [1.82, 2.24) is 4.98 Å². The monoisotopic (exact) mass is 225 g/mol. The van der Waals surface area contributed by atoms with Crippen LogP contribution in [0, 0.1) is 12.8 Å². The van der Waals surface area contributed by atoms with E-state index < -0.39 is 0 Å². The minimum atomic E-state index is 0.338. The third kappa shape index (κ3) is 2.49. The van der Waals surface area contributed by atoms with Crippen LogP contribution in [0.15, 0.2) is 5.38 Å². The lowest BCUT2D eigenvalue weighted by atomic mass is 9.91. The molecule has 0 aliphatic carbocycles. The Labute approximate surface area is 95.3 Å². The Kier molecular flexibility index (Phi) is 3.26. The van der Waals surface area contributed by atoms with E-state index in [1.54, 1.807) is 11.3 Å². The summed E-state index contributed by atoms with van der Waals surface area (Å²) in [4.78, 5) is 6.90. The molecule has 1 atom stereocenters. The molecule has 15 heavy (non-hydrogen) atoms. The molecule has 4 heteroatoms. The van der Waals surface area contributed by atoms with E-state index in [-0.39, 0.29) is 0 Å². The van der Waals surface area contributed by atoms with Crippen molar-refractivity contribution < 1.29 is 0 Å². The third-order valence-electron chi connectivity index (χ3n) is 3.16. The van der Waals surface area contributed by atoms with Crippen molar-refractivity contribution in [3.63, 3.8) is 0 Å². The van der Waals surface area contributed by atoms with Gasteiger partial charge >= 0.3 is 0 Å². The topological polar surface area (TPSA) is 42.1 Å². The van der Waals surface area contributed by atoms with Crippen LogP contribution in [0.3, 0.4) is 0 Å². The maximum atomic E-state index is 5.92. The lowest BCUT2D eigenvalue weighted by molar-refractivity contribution is 0.354. The summed E-state index contributed by atoms with van der Waals surface area (Å²) in [6.45, 7) is 6.39. The van der Waals surface area contributed by atoms with Crippen LogP contribution in [0.4, 0.5) is 5.13 Å². The standard InChI is InChI=1S/C11H19N3S/c1-8-7-15-11(13-8)14-5-3-10(4-6-14)9(2)12/h7,9-10H,3-6,12H2,1-2H3. The van der Waals surface area contributed by atoms with E-state index in [1.807, 2.05) is 0 Å². The van der Waals surface area contributed by atoms with Gasteiger partial charge in [-0.2, -0.15) is 0 Å². The summed E-state index contributed by atoms with van der Waals surface area (Å²) >= 11 is 1.75. The van der Waals surface area contributed by atoms with Crippen molar-refractivity contribution >= 4 is 16.5 Å². The Balaban J connectivity index is 1.93.